The molecular weight excluding hydrogens is 985 g/mol. The molecule has 0 aromatic carbocycles. The van der Waals surface area contributed by atoms with Crippen LogP contribution < -0.4 is 0 Å². The van der Waals surface area contributed by atoms with Crippen molar-refractivity contribution in [1.29, 1.82) is 0 Å². The first-order valence-electron chi connectivity index (χ1n) is 35.6. The molecule has 80 heavy (non-hydrogen) atoms. The molecule has 0 aromatic rings. The number of unbranched alkanes of at least 4 members (excludes halogenated alkanes) is 47. The molecule has 0 saturated heterocycles. The van der Waals surface area contributed by atoms with Crippen molar-refractivity contribution in [2.75, 3.05) is 13.2 Å². The van der Waals surface area contributed by atoms with Gasteiger partial charge < -0.3 is 14.2 Å². The lowest BCUT2D eigenvalue weighted by Gasteiger charge is -2.18. The Kier molecular flexibility index (Phi) is 66.6. The second kappa shape index (κ2) is 68.9. The van der Waals surface area contributed by atoms with E-state index in [1.165, 1.54) is 276 Å². The molecule has 0 spiro atoms. The number of hydrogen-bond acceptors (Lipinski definition) is 6. The Morgan fingerprint density at radius 2 is 0.450 bits per heavy atom. The molecule has 0 N–H and O–H groups in total. The van der Waals surface area contributed by atoms with Crippen molar-refractivity contribution in [3.8, 4) is 0 Å². The third-order valence-electron chi connectivity index (χ3n) is 16.1. The molecule has 0 fully saturated rings. The van der Waals surface area contributed by atoms with Gasteiger partial charge in [0.15, 0.2) is 6.10 Å². The average molecular weight is 1120 g/mol. The number of carbonyl (C=O) groups is 3. The molecule has 1 unspecified atom stereocenters. The molecule has 1 atom stereocenters. The van der Waals surface area contributed by atoms with Crippen molar-refractivity contribution in [3.63, 3.8) is 0 Å². The molecule has 0 aliphatic heterocycles. The first-order chi connectivity index (χ1) is 39.5. The summed E-state index contributed by atoms with van der Waals surface area (Å²) in [7, 11) is 0. The molecule has 0 rings (SSSR count). The van der Waals surface area contributed by atoms with Gasteiger partial charge in [-0.15, -0.1) is 0 Å². The van der Waals surface area contributed by atoms with Crippen LogP contribution in [0, 0.1) is 0 Å². The molecule has 6 heteroatoms. The highest BCUT2D eigenvalue weighted by atomic mass is 16.6. The van der Waals surface area contributed by atoms with Crippen molar-refractivity contribution >= 4 is 17.9 Å². The molecule has 0 saturated carbocycles. The zero-order valence-electron chi connectivity index (χ0n) is 53.9. The summed E-state index contributed by atoms with van der Waals surface area (Å²) in [5, 5.41) is 0. The molecule has 0 radical (unpaired) electrons. The maximum atomic E-state index is 12.9. The summed E-state index contributed by atoms with van der Waals surface area (Å²) in [6.07, 6.45) is 87.3. The highest BCUT2D eigenvalue weighted by Crippen LogP contribution is 2.18. The summed E-state index contributed by atoms with van der Waals surface area (Å²) >= 11 is 0. The first-order valence-corrected chi connectivity index (χ1v) is 35.6. The Bertz CT molecular complexity index is 1380. The van der Waals surface area contributed by atoms with E-state index in [9.17, 15) is 14.4 Å². The van der Waals surface area contributed by atoms with E-state index < -0.39 is 6.10 Å². The Labute approximate surface area is 498 Å². The highest BCUT2D eigenvalue weighted by molar-refractivity contribution is 5.71. The number of allylic oxidation sites excluding steroid dienone is 8. The maximum Gasteiger partial charge on any atom is 0.306 e. The zero-order chi connectivity index (χ0) is 57.8. The van der Waals surface area contributed by atoms with Crippen LogP contribution in [-0.2, 0) is 28.6 Å². The largest absolute Gasteiger partial charge is 0.462 e. The minimum Gasteiger partial charge on any atom is -0.462 e. The number of rotatable bonds is 66. The predicted octanol–water partition coefficient (Wildman–Crippen LogP) is 24.5. The van der Waals surface area contributed by atoms with Gasteiger partial charge in [0.05, 0.1) is 0 Å². The zero-order valence-corrected chi connectivity index (χ0v) is 53.9. The van der Waals surface area contributed by atoms with Crippen LogP contribution in [-0.4, -0.2) is 37.2 Å². The van der Waals surface area contributed by atoms with Gasteiger partial charge in [-0.2, -0.15) is 0 Å². The van der Waals surface area contributed by atoms with Crippen molar-refractivity contribution in [3.05, 3.63) is 48.6 Å². The van der Waals surface area contributed by atoms with Gasteiger partial charge in [-0.3, -0.25) is 14.4 Å². The molecule has 0 amide bonds. The maximum absolute atomic E-state index is 12.9. The van der Waals surface area contributed by atoms with Crippen LogP contribution in [0.2, 0.25) is 0 Å². The van der Waals surface area contributed by atoms with E-state index in [1.54, 1.807) is 0 Å². The third-order valence-corrected chi connectivity index (χ3v) is 16.1. The van der Waals surface area contributed by atoms with Gasteiger partial charge in [-0.1, -0.05) is 333 Å². The van der Waals surface area contributed by atoms with Crippen molar-refractivity contribution in [2.24, 2.45) is 0 Å². The summed E-state index contributed by atoms with van der Waals surface area (Å²) < 4.78 is 16.9. The Morgan fingerprint density at radius 1 is 0.250 bits per heavy atom. The van der Waals surface area contributed by atoms with Crippen LogP contribution in [0.3, 0.4) is 0 Å². The highest BCUT2D eigenvalue weighted by Gasteiger charge is 2.19. The SMILES string of the molecule is CCCCCCC/C=C\C/C=C\C/C=C\CCCCCCCCCCCCCCCCCCCCC(=O)OCC(COC(=O)CCCCCCCCCCCC)OC(=O)CCCCCCCCCCC/C=C\CCCCCCCC. The molecule has 0 aliphatic rings. The summed E-state index contributed by atoms with van der Waals surface area (Å²) in [4.78, 5) is 38.3. The quantitative estimate of drug-likeness (QED) is 0.0261. The van der Waals surface area contributed by atoms with Crippen LogP contribution in [0.25, 0.3) is 0 Å². The minimum atomic E-state index is -0.770. The third kappa shape index (κ3) is 66.2. The topological polar surface area (TPSA) is 78.9 Å². The molecule has 0 heterocycles. The lowest BCUT2D eigenvalue weighted by atomic mass is 10.0. The van der Waals surface area contributed by atoms with Gasteiger partial charge in [-0.05, 0) is 83.5 Å². The van der Waals surface area contributed by atoms with Crippen LogP contribution in [0.1, 0.15) is 387 Å². The summed E-state index contributed by atoms with van der Waals surface area (Å²) in [6.45, 7) is 6.67. The number of ether oxygens (including phenoxy) is 3. The predicted molar refractivity (Wildman–Crippen MR) is 349 cm³/mol. The fourth-order valence-corrected chi connectivity index (χ4v) is 10.7. The normalized spacial score (nSPS) is 12.3. The standard InChI is InChI=1S/C74H136O6/c1-4-7-10-13-16-19-22-24-26-28-30-31-32-33-34-35-36-37-38-39-40-41-42-43-45-46-48-50-52-55-58-61-64-67-73(76)79-70-71(69-78-72(75)66-63-60-57-54-21-18-15-12-9-6-3)80-74(77)68-65-62-59-56-53-51-49-47-44-29-27-25-23-20-17-14-11-8-5-2/h22,24-25,27-28,30,32-33,71H,4-21,23,26,29,31,34-70H2,1-3H3/b24-22-,27-25-,30-28-,33-32-. The average Bonchev–Trinajstić information content (AvgIpc) is 3.46. The van der Waals surface area contributed by atoms with Gasteiger partial charge in [0.2, 0.25) is 0 Å². The van der Waals surface area contributed by atoms with Gasteiger partial charge in [0, 0.05) is 19.3 Å². The van der Waals surface area contributed by atoms with Crippen LogP contribution in [0.5, 0.6) is 0 Å². The number of carbonyl (C=O) groups excluding carboxylic acids is 3. The van der Waals surface area contributed by atoms with Crippen LogP contribution >= 0.6 is 0 Å². The monoisotopic (exact) mass is 1120 g/mol. The van der Waals surface area contributed by atoms with Gasteiger partial charge >= 0.3 is 17.9 Å². The van der Waals surface area contributed by atoms with Crippen molar-refractivity contribution in [1.82, 2.24) is 0 Å². The molecule has 0 aromatic heterocycles. The fraction of sp³-hybridized carbons (Fsp3) is 0.851. The minimum absolute atomic E-state index is 0.0682. The Morgan fingerprint density at radius 3 is 0.713 bits per heavy atom. The molecule has 0 aliphatic carbocycles. The second-order valence-corrected chi connectivity index (χ2v) is 24.1. The van der Waals surface area contributed by atoms with Crippen molar-refractivity contribution < 1.29 is 28.6 Å². The molecule has 6 nitrogen and oxygen atoms in total. The number of esters is 3. The van der Waals surface area contributed by atoms with Gasteiger partial charge in [0.25, 0.3) is 0 Å². The van der Waals surface area contributed by atoms with Crippen LogP contribution in [0.15, 0.2) is 48.6 Å². The smallest absolute Gasteiger partial charge is 0.306 e. The number of hydrogen-bond donors (Lipinski definition) is 0. The second-order valence-electron chi connectivity index (χ2n) is 24.1. The fourth-order valence-electron chi connectivity index (χ4n) is 10.7. The van der Waals surface area contributed by atoms with Gasteiger partial charge in [-0.25, -0.2) is 0 Å². The molecule has 468 valence electrons. The van der Waals surface area contributed by atoms with E-state index in [1.807, 2.05) is 0 Å². The van der Waals surface area contributed by atoms with E-state index in [4.69, 9.17) is 14.2 Å². The van der Waals surface area contributed by atoms with E-state index in [0.29, 0.717) is 19.3 Å². The summed E-state index contributed by atoms with van der Waals surface area (Å²) in [5.41, 5.74) is 0. The lowest BCUT2D eigenvalue weighted by Crippen LogP contribution is -2.30. The van der Waals surface area contributed by atoms with E-state index in [-0.39, 0.29) is 31.1 Å². The van der Waals surface area contributed by atoms with E-state index in [2.05, 4.69) is 69.4 Å². The van der Waals surface area contributed by atoms with Gasteiger partial charge in [0.1, 0.15) is 13.2 Å². The molecular formula is C74H136O6. The summed E-state index contributed by atoms with van der Waals surface area (Å²) in [6, 6.07) is 0. The first kappa shape index (κ1) is 77.4. The van der Waals surface area contributed by atoms with E-state index in [0.717, 1.165) is 70.6 Å². The lowest BCUT2D eigenvalue weighted by molar-refractivity contribution is -0.167. The van der Waals surface area contributed by atoms with E-state index >= 15 is 0 Å². The Hall–Kier alpha value is -2.63. The summed E-state index contributed by atoms with van der Waals surface area (Å²) in [5.74, 6) is -0.847. The molecule has 0 bridgehead atoms. The van der Waals surface area contributed by atoms with Crippen LogP contribution in [0.4, 0.5) is 0 Å². The van der Waals surface area contributed by atoms with Crippen molar-refractivity contribution in [2.45, 2.75) is 393 Å². The Balaban J connectivity index is 4.08.